The van der Waals surface area contributed by atoms with E-state index in [1.807, 2.05) is 6.07 Å². The highest BCUT2D eigenvalue weighted by Crippen LogP contribution is 2.22. The van der Waals surface area contributed by atoms with Gasteiger partial charge in [-0.2, -0.15) is 5.26 Å². The summed E-state index contributed by atoms with van der Waals surface area (Å²) in [6, 6.07) is 6.04. The number of ether oxygens (including phenoxy) is 1. The van der Waals surface area contributed by atoms with Gasteiger partial charge in [0.2, 0.25) is 10.0 Å². The lowest BCUT2D eigenvalue weighted by Crippen LogP contribution is -2.26. The maximum Gasteiger partial charge on any atom is 0.242 e. The molecule has 1 aromatic rings. The molecule has 0 heterocycles. The first kappa shape index (κ1) is 17.9. The van der Waals surface area contributed by atoms with E-state index in [1.165, 1.54) is 18.2 Å². The molecule has 0 amide bonds. The summed E-state index contributed by atoms with van der Waals surface area (Å²) >= 11 is 5.88. The molecular weight excluding hydrogens is 312 g/mol. The predicted molar refractivity (Wildman–Crippen MR) is 81.7 cm³/mol. The lowest BCUT2D eigenvalue weighted by Gasteiger charge is -2.09. The highest BCUT2D eigenvalue weighted by molar-refractivity contribution is 7.89. The van der Waals surface area contributed by atoms with Crippen LogP contribution in [-0.2, 0) is 14.8 Å². The zero-order valence-corrected chi connectivity index (χ0v) is 13.5. The summed E-state index contributed by atoms with van der Waals surface area (Å²) in [6.07, 6.45) is 2.65. The Morgan fingerprint density at radius 1 is 1.33 bits per heavy atom. The molecule has 0 radical (unpaired) electrons. The van der Waals surface area contributed by atoms with Crippen LogP contribution in [0.2, 0.25) is 5.02 Å². The van der Waals surface area contributed by atoms with Crippen molar-refractivity contribution < 1.29 is 13.2 Å². The van der Waals surface area contributed by atoms with Gasteiger partial charge in [-0.1, -0.05) is 24.9 Å². The van der Waals surface area contributed by atoms with Gasteiger partial charge < -0.3 is 4.74 Å². The summed E-state index contributed by atoms with van der Waals surface area (Å²) in [7, 11) is -3.71. The third kappa shape index (κ3) is 6.02. The summed E-state index contributed by atoms with van der Waals surface area (Å²) < 4.78 is 32.0. The highest BCUT2D eigenvalue weighted by Gasteiger charge is 2.17. The van der Waals surface area contributed by atoms with E-state index in [9.17, 15) is 8.42 Å². The van der Waals surface area contributed by atoms with Gasteiger partial charge in [0.25, 0.3) is 0 Å². The molecule has 0 spiro atoms. The Labute approximate surface area is 130 Å². The number of halogens is 1. The average Bonchev–Trinajstić information content (AvgIpc) is 2.46. The summed E-state index contributed by atoms with van der Waals surface area (Å²) in [5, 5.41) is 8.91. The van der Waals surface area contributed by atoms with E-state index >= 15 is 0 Å². The van der Waals surface area contributed by atoms with Crippen molar-refractivity contribution in [1.82, 2.24) is 4.72 Å². The number of sulfonamides is 1. The van der Waals surface area contributed by atoms with Crippen molar-refractivity contribution in [1.29, 1.82) is 5.26 Å². The molecule has 0 saturated heterocycles. The molecule has 0 bridgehead atoms. The maximum absolute atomic E-state index is 12.1. The summed E-state index contributed by atoms with van der Waals surface area (Å²) in [5.41, 5.74) is 0.252. The fraction of sp³-hybridized carbons (Fsp3) is 0.500. The minimum atomic E-state index is -3.71. The molecule has 7 heteroatoms. The molecule has 116 valence electrons. The molecule has 0 aliphatic carbocycles. The topological polar surface area (TPSA) is 79.2 Å². The second kappa shape index (κ2) is 9.00. The number of rotatable bonds is 9. The van der Waals surface area contributed by atoms with E-state index in [-0.39, 0.29) is 22.0 Å². The lowest BCUT2D eigenvalue weighted by atomic mass is 10.2. The minimum Gasteiger partial charge on any atom is -0.381 e. The molecule has 0 atom stereocenters. The Kier molecular flexibility index (Phi) is 7.68. The summed E-state index contributed by atoms with van der Waals surface area (Å²) in [4.78, 5) is -0.0740. The molecule has 0 aliphatic rings. The van der Waals surface area contributed by atoms with Crippen LogP contribution in [0.5, 0.6) is 0 Å². The van der Waals surface area contributed by atoms with Crippen LogP contribution in [0.3, 0.4) is 0 Å². The number of nitriles is 1. The molecule has 0 fully saturated rings. The van der Waals surface area contributed by atoms with Gasteiger partial charge in [0.1, 0.15) is 4.90 Å². The van der Waals surface area contributed by atoms with Crippen LogP contribution in [0.15, 0.2) is 23.1 Å². The monoisotopic (exact) mass is 330 g/mol. The molecule has 21 heavy (non-hydrogen) atoms. The quantitative estimate of drug-likeness (QED) is 0.706. The maximum atomic E-state index is 12.1. The van der Waals surface area contributed by atoms with Crippen LogP contribution in [-0.4, -0.2) is 28.2 Å². The summed E-state index contributed by atoms with van der Waals surface area (Å²) in [5.74, 6) is 0. The van der Waals surface area contributed by atoms with Gasteiger partial charge in [-0.3, -0.25) is 0 Å². The number of nitrogens with one attached hydrogen (secondary N) is 1. The Balaban J connectivity index is 2.53. The molecular formula is C14H19ClN2O3S. The van der Waals surface area contributed by atoms with Crippen molar-refractivity contribution in [2.45, 2.75) is 31.1 Å². The Morgan fingerprint density at radius 2 is 2.05 bits per heavy atom. The van der Waals surface area contributed by atoms with Gasteiger partial charge in [0.05, 0.1) is 16.7 Å². The number of nitrogens with zero attached hydrogens (tertiary/aromatic N) is 1. The smallest absolute Gasteiger partial charge is 0.242 e. The zero-order chi connectivity index (χ0) is 15.7. The van der Waals surface area contributed by atoms with Crippen molar-refractivity contribution in [2.24, 2.45) is 0 Å². The van der Waals surface area contributed by atoms with E-state index in [2.05, 4.69) is 11.6 Å². The molecule has 5 nitrogen and oxygen atoms in total. The van der Waals surface area contributed by atoms with Crippen LogP contribution >= 0.6 is 11.6 Å². The molecule has 1 N–H and O–H groups in total. The highest BCUT2D eigenvalue weighted by atomic mass is 35.5. The first-order chi connectivity index (χ1) is 10.0. The zero-order valence-electron chi connectivity index (χ0n) is 11.9. The number of unbranched alkanes of at least 4 members (excludes halogenated alkanes) is 1. The van der Waals surface area contributed by atoms with Crippen molar-refractivity contribution in [3.63, 3.8) is 0 Å². The third-order valence-electron chi connectivity index (χ3n) is 2.75. The van der Waals surface area contributed by atoms with Crippen molar-refractivity contribution in [2.75, 3.05) is 19.8 Å². The van der Waals surface area contributed by atoms with Crippen LogP contribution in [0, 0.1) is 11.3 Å². The first-order valence-corrected chi connectivity index (χ1v) is 8.64. The Hall–Kier alpha value is -1.13. The average molecular weight is 331 g/mol. The van der Waals surface area contributed by atoms with E-state index in [0.717, 1.165) is 12.8 Å². The Morgan fingerprint density at radius 3 is 2.71 bits per heavy atom. The molecule has 0 saturated carbocycles. The molecule has 0 unspecified atom stereocenters. The molecule has 0 aromatic heterocycles. The third-order valence-corrected chi connectivity index (χ3v) is 4.69. The van der Waals surface area contributed by atoms with E-state index < -0.39 is 10.0 Å². The number of hydrogen-bond donors (Lipinski definition) is 1. The van der Waals surface area contributed by atoms with Gasteiger partial charge in [0, 0.05) is 19.8 Å². The number of benzene rings is 1. The lowest BCUT2D eigenvalue weighted by molar-refractivity contribution is 0.130. The summed E-state index contributed by atoms with van der Waals surface area (Å²) in [6.45, 7) is 3.55. The van der Waals surface area contributed by atoms with Gasteiger partial charge >= 0.3 is 0 Å². The van der Waals surface area contributed by atoms with Crippen LogP contribution in [0.4, 0.5) is 0 Å². The van der Waals surface area contributed by atoms with E-state index in [4.69, 9.17) is 21.6 Å². The van der Waals surface area contributed by atoms with Crippen LogP contribution < -0.4 is 4.72 Å². The van der Waals surface area contributed by atoms with Crippen molar-refractivity contribution >= 4 is 21.6 Å². The van der Waals surface area contributed by atoms with Gasteiger partial charge in [-0.15, -0.1) is 0 Å². The van der Waals surface area contributed by atoms with E-state index in [1.54, 1.807) is 0 Å². The minimum absolute atomic E-state index is 0.0740. The van der Waals surface area contributed by atoms with Crippen molar-refractivity contribution in [3.05, 3.63) is 28.8 Å². The van der Waals surface area contributed by atoms with Gasteiger partial charge in [0.15, 0.2) is 0 Å². The van der Waals surface area contributed by atoms with Crippen LogP contribution in [0.1, 0.15) is 31.7 Å². The SMILES string of the molecule is CCCCOCCCNS(=O)(=O)c1cc(C#N)ccc1Cl. The van der Waals surface area contributed by atoms with Gasteiger partial charge in [-0.25, -0.2) is 13.1 Å². The molecule has 1 rings (SSSR count). The van der Waals surface area contributed by atoms with Crippen molar-refractivity contribution in [3.8, 4) is 6.07 Å². The number of hydrogen-bond acceptors (Lipinski definition) is 4. The van der Waals surface area contributed by atoms with E-state index in [0.29, 0.717) is 19.6 Å². The molecule has 0 aliphatic heterocycles. The Bertz CT molecular complexity index is 597. The van der Waals surface area contributed by atoms with Gasteiger partial charge in [-0.05, 0) is 31.0 Å². The van der Waals surface area contributed by atoms with Crippen LogP contribution in [0.25, 0.3) is 0 Å². The first-order valence-electron chi connectivity index (χ1n) is 6.78. The second-order valence-corrected chi connectivity index (χ2v) is 6.62. The standard InChI is InChI=1S/C14H19ClN2O3S/c1-2-3-8-20-9-4-7-17-21(18,19)14-10-12(11-16)5-6-13(14)15/h5-6,10,17H,2-4,7-9H2,1H3. The predicted octanol–water partition coefficient (Wildman–Crippen LogP) is 2.70. The second-order valence-electron chi connectivity index (χ2n) is 4.47. The normalized spacial score (nSPS) is 11.3. The largest absolute Gasteiger partial charge is 0.381 e. The molecule has 1 aromatic carbocycles. The fourth-order valence-corrected chi connectivity index (χ4v) is 3.18. The fourth-order valence-electron chi connectivity index (χ4n) is 1.59.